The highest BCUT2D eigenvalue weighted by Gasteiger charge is 2.41. The van der Waals surface area contributed by atoms with Crippen LogP contribution in [-0.2, 0) is 0 Å². The van der Waals surface area contributed by atoms with Gasteiger partial charge in [0.05, 0.1) is 12.4 Å². The number of hydrogen-bond donors (Lipinski definition) is 0. The zero-order chi connectivity index (χ0) is 17.5. The minimum Gasteiger partial charge on any atom is -0.356 e. The van der Waals surface area contributed by atoms with Crippen molar-refractivity contribution in [3.05, 3.63) is 49.1 Å². The smallest absolute Gasteiger partial charge is 0.225 e. The summed E-state index contributed by atoms with van der Waals surface area (Å²) in [6, 6.07) is 3.84. The number of aromatic nitrogens is 6. The van der Waals surface area contributed by atoms with Gasteiger partial charge in [0, 0.05) is 56.5 Å². The fraction of sp³-hybridized carbons (Fsp3) is 0.353. The largest absolute Gasteiger partial charge is 0.356 e. The lowest BCUT2D eigenvalue weighted by atomic mass is 10.0. The number of hydrogen-bond acceptors (Lipinski definition) is 7. The molecule has 0 radical (unpaired) electrons. The third-order valence-corrected chi connectivity index (χ3v) is 5.08. The van der Waals surface area contributed by atoms with Crippen LogP contribution in [-0.4, -0.2) is 55.9 Å². The van der Waals surface area contributed by atoms with Gasteiger partial charge in [-0.15, -0.1) is 0 Å². The zero-order valence-electron chi connectivity index (χ0n) is 14.0. The predicted octanol–water partition coefficient (Wildman–Crippen LogP) is 1.16. The minimum absolute atomic E-state index is 0.406. The van der Waals surface area contributed by atoms with Crippen molar-refractivity contribution in [2.45, 2.75) is 0 Å². The van der Waals surface area contributed by atoms with Crippen LogP contribution in [0.15, 0.2) is 43.2 Å². The fourth-order valence-corrected chi connectivity index (χ4v) is 3.85. The van der Waals surface area contributed by atoms with Crippen LogP contribution in [0.2, 0.25) is 0 Å². The molecule has 26 heavy (non-hydrogen) atoms. The molecule has 3 aromatic heterocycles. The van der Waals surface area contributed by atoms with E-state index in [0.717, 1.165) is 37.8 Å². The third-order valence-electron chi connectivity index (χ3n) is 5.08. The summed E-state index contributed by atoms with van der Waals surface area (Å²) in [5.41, 5.74) is 0. The van der Waals surface area contributed by atoms with Crippen molar-refractivity contribution < 1.29 is 4.39 Å². The molecular weight excluding hydrogens is 335 g/mol. The van der Waals surface area contributed by atoms with Crippen LogP contribution in [0.25, 0.3) is 5.82 Å². The second-order valence-corrected chi connectivity index (χ2v) is 6.72. The summed E-state index contributed by atoms with van der Waals surface area (Å²) in [5, 5.41) is 4.22. The summed E-state index contributed by atoms with van der Waals surface area (Å²) in [4.78, 5) is 21.4. The number of rotatable bonds is 3. The maximum atomic E-state index is 13.0. The Kier molecular flexibility index (Phi) is 3.51. The zero-order valence-corrected chi connectivity index (χ0v) is 14.0. The number of nitrogens with zero attached hydrogens (tertiary/aromatic N) is 8. The van der Waals surface area contributed by atoms with Crippen LogP contribution in [0, 0.1) is 17.7 Å². The molecule has 2 fully saturated rings. The van der Waals surface area contributed by atoms with E-state index in [0.29, 0.717) is 17.8 Å². The van der Waals surface area contributed by atoms with Gasteiger partial charge >= 0.3 is 0 Å². The summed E-state index contributed by atoms with van der Waals surface area (Å²) >= 11 is 0. The maximum absolute atomic E-state index is 13.0. The number of halogens is 1. The first-order valence-corrected chi connectivity index (χ1v) is 8.56. The van der Waals surface area contributed by atoms with Crippen molar-refractivity contribution in [1.29, 1.82) is 0 Å². The molecule has 132 valence electrons. The van der Waals surface area contributed by atoms with E-state index in [9.17, 15) is 4.39 Å². The monoisotopic (exact) mass is 352 g/mol. The minimum atomic E-state index is -0.406. The SMILES string of the molecule is Fc1cnc(N2CC3CN(c4cc(-n5cccn5)ncn4)CC3C2)nc1. The van der Waals surface area contributed by atoms with Gasteiger partial charge in [-0.2, -0.15) is 5.10 Å². The normalized spacial score (nSPS) is 22.0. The first-order valence-electron chi connectivity index (χ1n) is 8.56. The van der Waals surface area contributed by atoms with Crippen molar-refractivity contribution in [3.8, 4) is 5.82 Å². The van der Waals surface area contributed by atoms with Gasteiger partial charge in [0.25, 0.3) is 0 Å². The van der Waals surface area contributed by atoms with Crippen LogP contribution in [0.5, 0.6) is 0 Å². The van der Waals surface area contributed by atoms with E-state index in [4.69, 9.17) is 0 Å². The van der Waals surface area contributed by atoms with E-state index in [1.165, 1.54) is 12.4 Å². The standard InChI is InChI=1S/C17H17FN8/c18-14-5-19-17(20-6-14)25-9-12-7-24(8-13(12)10-25)15-4-16(22-11-21-15)26-3-1-2-23-26/h1-6,11-13H,7-10H2. The van der Waals surface area contributed by atoms with E-state index < -0.39 is 5.82 Å². The molecule has 2 aliphatic heterocycles. The third kappa shape index (κ3) is 2.65. The Morgan fingerprint density at radius 3 is 2.27 bits per heavy atom. The molecule has 0 amide bonds. The summed E-state index contributed by atoms with van der Waals surface area (Å²) in [7, 11) is 0. The molecule has 9 heteroatoms. The van der Waals surface area contributed by atoms with Gasteiger partial charge in [0.1, 0.15) is 12.1 Å². The molecule has 0 saturated carbocycles. The average molecular weight is 352 g/mol. The topological polar surface area (TPSA) is 75.9 Å². The number of fused-ring (bicyclic) bond motifs is 1. The molecule has 3 aromatic rings. The summed E-state index contributed by atoms with van der Waals surface area (Å²) in [6.45, 7) is 3.61. The molecule has 5 rings (SSSR count). The highest BCUT2D eigenvalue weighted by atomic mass is 19.1. The summed E-state index contributed by atoms with van der Waals surface area (Å²) < 4.78 is 14.7. The molecule has 2 atom stereocenters. The van der Waals surface area contributed by atoms with Gasteiger partial charge in [-0.25, -0.2) is 29.0 Å². The molecule has 5 heterocycles. The van der Waals surface area contributed by atoms with E-state index in [1.54, 1.807) is 17.2 Å². The van der Waals surface area contributed by atoms with Crippen molar-refractivity contribution in [2.24, 2.45) is 11.8 Å². The van der Waals surface area contributed by atoms with Crippen molar-refractivity contribution in [2.75, 3.05) is 36.0 Å². The van der Waals surface area contributed by atoms with Crippen molar-refractivity contribution in [1.82, 2.24) is 29.7 Å². The lowest BCUT2D eigenvalue weighted by Crippen LogP contribution is -2.30. The highest BCUT2D eigenvalue weighted by molar-refractivity contribution is 5.46. The second kappa shape index (κ2) is 6.01. The van der Waals surface area contributed by atoms with Crippen LogP contribution in [0.3, 0.4) is 0 Å². The van der Waals surface area contributed by atoms with Crippen LogP contribution in [0.4, 0.5) is 16.2 Å². The molecule has 2 aliphatic rings. The Bertz CT molecular complexity index is 883. The van der Waals surface area contributed by atoms with Crippen molar-refractivity contribution in [3.63, 3.8) is 0 Å². The van der Waals surface area contributed by atoms with E-state index in [2.05, 4.69) is 34.8 Å². The first kappa shape index (κ1) is 15.2. The molecule has 0 N–H and O–H groups in total. The Balaban J connectivity index is 1.30. The molecule has 0 bridgehead atoms. The molecule has 2 saturated heterocycles. The van der Waals surface area contributed by atoms with Gasteiger partial charge in [-0.3, -0.25) is 0 Å². The van der Waals surface area contributed by atoms with E-state index in [1.807, 2.05) is 18.3 Å². The average Bonchev–Trinajstić information content (AvgIpc) is 3.39. The second-order valence-electron chi connectivity index (χ2n) is 6.72. The lowest BCUT2D eigenvalue weighted by molar-refractivity contribution is 0.533. The van der Waals surface area contributed by atoms with Gasteiger partial charge < -0.3 is 9.80 Å². The molecule has 0 aromatic carbocycles. The maximum Gasteiger partial charge on any atom is 0.225 e. The Labute approximate surface area is 149 Å². The van der Waals surface area contributed by atoms with Gasteiger partial charge in [0.2, 0.25) is 5.95 Å². The van der Waals surface area contributed by atoms with E-state index in [-0.39, 0.29) is 0 Å². The van der Waals surface area contributed by atoms with Crippen molar-refractivity contribution >= 4 is 11.8 Å². The van der Waals surface area contributed by atoms with E-state index >= 15 is 0 Å². The molecule has 0 spiro atoms. The Hall–Kier alpha value is -3.10. The quantitative estimate of drug-likeness (QED) is 0.700. The van der Waals surface area contributed by atoms with Crippen LogP contribution < -0.4 is 9.80 Å². The molecule has 8 nitrogen and oxygen atoms in total. The fourth-order valence-electron chi connectivity index (χ4n) is 3.85. The molecular formula is C17H17FN8. The van der Waals surface area contributed by atoms with Crippen LogP contribution >= 0.6 is 0 Å². The lowest BCUT2D eigenvalue weighted by Gasteiger charge is -2.22. The van der Waals surface area contributed by atoms with Crippen LogP contribution in [0.1, 0.15) is 0 Å². The predicted molar refractivity (Wildman–Crippen MR) is 92.6 cm³/mol. The Morgan fingerprint density at radius 2 is 1.58 bits per heavy atom. The van der Waals surface area contributed by atoms with Gasteiger partial charge in [-0.1, -0.05) is 0 Å². The first-order chi connectivity index (χ1) is 12.8. The van der Waals surface area contributed by atoms with Gasteiger partial charge in [-0.05, 0) is 6.07 Å². The highest BCUT2D eigenvalue weighted by Crippen LogP contribution is 2.34. The Morgan fingerprint density at radius 1 is 0.885 bits per heavy atom. The molecule has 0 aliphatic carbocycles. The summed E-state index contributed by atoms with van der Waals surface area (Å²) in [5.74, 6) is 2.92. The molecule has 2 unspecified atom stereocenters. The summed E-state index contributed by atoms with van der Waals surface area (Å²) in [6.07, 6.45) is 7.62. The number of anilines is 2. The van der Waals surface area contributed by atoms with Gasteiger partial charge in [0.15, 0.2) is 11.6 Å².